The minimum absolute atomic E-state index is 0.0888. The quantitative estimate of drug-likeness (QED) is 0.656. The molecule has 1 atom stereocenters. The molecule has 0 aromatic carbocycles. The molecule has 0 aliphatic carbocycles. The SMILES string of the molecule is CNc1nc(NCC2CCC(=O)N2)nc(OC)n1. The monoisotopic (exact) mass is 252 g/mol. The molecule has 1 amide bonds. The largest absolute Gasteiger partial charge is 0.467 e. The summed E-state index contributed by atoms with van der Waals surface area (Å²) in [4.78, 5) is 23.3. The third kappa shape index (κ3) is 2.96. The molecule has 1 aliphatic heterocycles. The van der Waals surface area contributed by atoms with E-state index in [9.17, 15) is 4.79 Å². The van der Waals surface area contributed by atoms with Crippen molar-refractivity contribution in [2.45, 2.75) is 18.9 Å². The normalized spacial score (nSPS) is 18.3. The Morgan fingerprint density at radius 1 is 1.39 bits per heavy atom. The van der Waals surface area contributed by atoms with Gasteiger partial charge in [-0.05, 0) is 6.42 Å². The van der Waals surface area contributed by atoms with Crippen molar-refractivity contribution in [3.8, 4) is 6.01 Å². The highest BCUT2D eigenvalue weighted by Gasteiger charge is 2.20. The molecule has 0 saturated carbocycles. The molecule has 1 aromatic heterocycles. The number of anilines is 2. The van der Waals surface area contributed by atoms with E-state index in [-0.39, 0.29) is 18.0 Å². The summed E-state index contributed by atoms with van der Waals surface area (Å²) in [6.07, 6.45) is 1.40. The van der Waals surface area contributed by atoms with Gasteiger partial charge in [0.25, 0.3) is 0 Å². The molecule has 18 heavy (non-hydrogen) atoms. The fourth-order valence-corrected chi connectivity index (χ4v) is 1.68. The molecule has 2 heterocycles. The molecule has 1 unspecified atom stereocenters. The van der Waals surface area contributed by atoms with Gasteiger partial charge in [0, 0.05) is 26.1 Å². The van der Waals surface area contributed by atoms with Crippen LogP contribution in [0.15, 0.2) is 0 Å². The molecule has 8 nitrogen and oxygen atoms in total. The van der Waals surface area contributed by atoms with Crippen LogP contribution in [0.1, 0.15) is 12.8 Å². The zero-order chi connectivity index (χ0) is 13.0. The highest BCUT2D eigenvalue weighted by atomic mass is 16.5. The van der Waals surface area contributed by atoms with E-state index >= 15 is 0 Å². The number of hydrogen-bond acceptors (Lipinski definition) is 7. The Labute approximate surface area is 105 Å². The van der Waals surface area contributed by atoms with Crippen LogP contribution in [-0.2, 0) is 4.79 Å². The number of aromatic nitrogens is 3. The molecule has 0 radical (unpaired) electrons. The first-order valence-electron chi connectivity index (χ1n) is 5.72. The van der Waals surface area contributed by atoms with Crippen LogP contribution in [0, 0.1) is 0 Å². The van der Waals surface area contributed by atoms with Crippen molar-refractivity contribution < 1.29 is 9.53 Å². The first-order chi connectivity index (χ1) is 8.71. The van der Waals surface area contributed by atoms with Gasteiger partial charge in [0.2, 0.25) is 17.8 Å². The number of rotatable bonds is 5. The number of amides is 1. The van der Waals surface area contributed by atoms with Crippen molar-refractivity contribution in [3.05, 3.63) is 0 Å². The number of hydrogen-bond donors (Lipinski definition) is 3. The van der Waals surface area contributed by atoms with Crippen molar-refractivity contribution in [3.63, 3.8) is 0 Å². The zero-order valence-electron chi connectivity index (χ0n) is 10.4. The fraction of sp³-hybridized carbons (Fsp3) is 0.600. The van der Waals surface area contributed by atoms with Gasteiger partial charge in [-0.3, -0.25) is 4.79 Å². The Kier molecular flexibility index (Phi) is 3.75. The van der Waals surface area contributed by atoms with Gasteiger partial charge >= 0.3 is 6.01 Å². The van der Waals surface area contributed by atoms with Crippen molar-refractivity contribution in [2.24, 2.45) is 0 Å². The van der Waals surface area contributed by atoms with Gasteiger partial charge in [-0.2, -0.15) is 15.0 Å². The molecular formula is C10H16N6O2. The van der Waals surface area contributed by atoms with Crippen molar-refractivity contribution in [1.29, 1.82) is 0 Å². The van der Waals surface area contributed by atoms with Gasteiger partial charge in [-0.25, -0.2) is 0 Å². The Morgan fingerprint density at radius 3 is 2.78 bits per heavy atom. The van der Waals surface area contributed by atoms with E-state index in [4.69, 9.17) is 4.74 Å². The lowest BCUT2D eigenvalue weighted by Crippen LogP contribution is -2.32. The number of nitrogens with one attached hydrogen (secondary N) is 3. The summed E-state index contributed by atoms with van der Waals surface area (Å²) >= 11 is 0. The predicted octanol–water partition coefficient (Wildman–Crippen LogP) is -0.388. The molecular weight excluding hydrogens is 236 g/mol. The van der Waals surface area contributed by atoms with E-state index in [0.717, 1.165) is 6.42 Å². The van der Waals surface area contributed by atoms with Crippen molar-refractivity contribution >= 4 is 17.8 Å². The van der Waals surface area contributed by atoms with E-state index in [0.29, 0.717) is 24.9 Å². The maximum Gasteiger partial charge on any atom is 0.322 e. The molecule has 2 rings (SSSR count). The lowest BCUT2D eigenvalue weighted by molar-refractivity contribution is -0.119. The summed E-state index contributed by atoms with van der Waals surface area (Å²) < 4.78 is 4.97. The van der Waals surface area contributed by atoms with Crippen LogP contribution in [0.25, 0.3) is 0 Å². The summed E-state index contributed by atoms with van der Waals surface area (Å²) in [5.41, 5.74) is 0. The van der Waals surface area contributed by atoms with Gasteiger partial charge in [0.05, 0.1) is 7.11 Å². The van der Waals surface area contributed by atoms with Crippen LogP contribution < -0.4 is 20.7 Å². The number of carbonyl (C=O) groups excluding carboxylic acids is 1. The molecule has 0 spiro atoms. The highest BCUT2D eigenvalue weighted by Crippen LogP contribution is 2.11. The highest BCUT2D eigenvalue weighted by molar-refractivity contribution is 5.78. The standard InChI is InChI=1S/C10H16N6O2/c1-11-8-14-9(16-10(15-8)18-2)12-5-6-3-4-7(17)13-6/h6H,3-5H2,1-2H3,(H,13,17)(H2,11,12,14,15,16). The van der Waals surface area contributed by atoms with E-state index in [2.05, 4.69) is 30.9 Å². The number of methoxy groups -OCH3 is 1. The zero-order valence-corrected chi connectivity index (χ0v) is 10.4. The average Bonchev–Trinajstić information content (AvgIpc) is 2.81. The number of carbonyl (C=O) groups is 1. The Hall–Kier alpha value is -2.12. The number of ether oxygens (including phenoxy) is 1. The van der Waals surface area contributed by atoms with Crippen LogP contribution >= 0.6 is 0 Å². The van der Waals surface area contributed by atoms with Crippen LogP contribution in [0.3, 0.4) is 0 Å². The summed E-state index contributed by atoms with van der Waals surface area (Å²) in [7, 11) is 3.21. The third-order valence-corrected chi connectivity index (χ3v) is 2.61. The van der Waals surface area contributed by atoms with Crippen LogP contribution in [0.5, 0.6) is 6.01 Å². The molecule has 1 aliphatic rings. The second-order valence-corrected chi connectivity index (χ2v) is 3.90. The molecule has 1 fully saturated rings. The summed E-state index contributed by atoms with van der Waals surface area (Å²) in [6.45, 7) is 0.585. The van der Waals surface area contributed by atoms with Gasteiger partial charge in [-0.15, -0.1) is 0 Å². The van der Waals surface area contributed by atoms with E-state index in [1.54, 1.807) is 7.05 Å². The minimum Gasteiger partial charge on any atom is -0.467 e. The Bertz CT molecular complexity index is 416. The fourth-order valence-electron chi connectivity index (χ4n) is 1.68. The lowest BCUT2D eigenvalue weighted by atomic mass is 10.2. The third-order valence-electron chi connectivity index (χ3n) is 2.61. The van der Waals surface area contributed by atoms with Crippen molar-refractivity contribution in [2.75, 3.05) is 31.3 Å². The molecule has 98 valence electrons. The lowest BCUT2D eigenvalue weighted by Gasteiger charge is -2.12. The van der Waals surface area contributed by atoms with Crippen molar-refractivity contribution in [1.82, 2.24) is 20.3 Å². The maximum absolute atomic E-state index is 11.1. The second-order valence-electron chi connectivity index (χ2n) is 3.90. The molecule has 1 saturated heterocycles. The minimum atomic E-state index is 0.0888. The summed E-state index contributed by atoms with van der Waals surface area (Å²) in [5.74, 6) is 0.943. The Morgan fingerprint density at radius 2 is 2.17 bits per heavy atom. The summed E-state index contributed by atoms with van der Waals surface area (Å²) in [6, 6.07) is 0.366. The molecule has 0 bridgehead atoms. The van der Waals surface area contributed by atoms with Crippen LogP contribution in [0.4, 0.5) is 11.9 Å². The predicted molar refractivity (Wildman–Crippen MR) is 65.6 cm³/mol. The molecule has 1 aromatic rings. The summed E-state index contributed by atoms with van der Waals surface area (Å²) in [5, 5.41) is 8.75. The smallest absolute Gasteiger partial charge is 0.322 e. The average molecular weight is 252 g/mol. The maximum atomic E-state index is 11.1. The van der Waals surface area contributed by atoms with Crippen LogP contribution in [0.2, 0.25) is 0 Å². The Balaban J connectivity index is 1.97. The van der Waals surface area contributed by atoms with E-state index in [1.807, 2.05) is 0 Å². The molecule has 8 heteroatoms. The molecule has 3 N–H and O–H groups in total. The van der Waals surface area contributed by atoms with Gasteiger partial charge < -0.3 is 20.7 Å². The first kappa shape index (κ1) is 12.3. The van der Waals surface area contributed by atoms with Crippen LogP contribution in [-0.4, -0.2) is 47.6 Å². The number of nitrogens with zero attached hydrogens (tertiary/aromatic N) is 3. The first-order valence-corrected chi connectivity index (χ1v) is 5.72. The van der Waals surface area contributed by atoms with E-state index in [1.165, 1.54) is 7.11 Å². The van der Waals surface area contributed by atoms with E-state index < -0.39 is 0 Å². The van der Waals surface area contributed by atoms with Gasteiger partial charge in [-0.1, -0.05) is 0 Å². The topological polar surface area (TPSA) is 101 Å². The van der Waals surface area contributed by atoms with Gasteiger partial charge in [0.1, 0.15) is 0 Å². The second kappa shape index (κ2) is 5.48. The van der Waals surface area contributed by atoms with Gasteiger partial charge in [0.15, 0.2) is 0 Å².